The van der Waals surface area contributed by atoms with Gasteiger partial charge in [-0.25, -0.2) is 4.79 Å². The first-order valence-electron chi connectivity index (χ1n) is 7.09. The normalized spacial score (nSPS) is 10.2. The molecule has 0 saturated carbocycles. The number of rotatable bonds is 6. The van der Waals surface area contributed by atoms with Crippen LogP contribution in [0.25, 0.3) is 0 Å². The molecule has 0 aliphatic heterocycles. The largest absolute Gasteiger partial charge is 0.493 e. The molecule has 2 aromatic carbocycles. The van der Waals surface area contributed by atoms with Crippen molar-refractivity contribution in [1.82, 2.24) is 0 Å². The zero-order valence-corrected chi connectivity index (χ0v) is 14.1. The standard InChI is InChI=1S/C17H16BrNO4/c1-2-9-23-15-8-7-11(18)10-13(15)16(20)19-14-6-4-3-5-12(14)17(21)22/h3-8,10H,2,9H2,1H3,(H,19,20)(H,21,22). The molecule has 2 N–H and O–H groups in total. The van der Waals surface area contributed by atoms with Crippen molar-refractivity contribution < 1.29 is 19.4 Å². The number of benzene rings is 2. The Labute approximate surface area is 142 Å². The summed E-state index contributed by atoms with van der Waals surface area (Å²) in [5, 5.41) is 11.8. The molecule has 2 aromatic rings. The summed E-state index contributed by atoms with van der Waals surface area (Å²) in [6, 6.07) is 11.4. The van der Waals surface area contributed by atoms with Crippen molar-refractivity contribution in [3.8, 4) is 5.75 Å². The Morgan fingerprint density at radius 2 is 1.91 bits per heavy atom. The van der Waals surface area contributed by atoms with Crippen LogP contribution in [0.2, 0.25) is 0 Å². The van der Waals surface area contributed by atoms with Crippen LogP contribution < -0.4 is 10.1 Å². The van der Waals surface area contributed by atoms with Gasteiger partial charge in [-0.15, -0.1) is 0 Å². The molecule has 5 nitrogen and oxygen atoms in total. The molecule has 1 amide bonds. The van der Waals surface area contributed by atoms with Crippen molar-refractivity contribution in [2.24, 2.45) is 0 Å². The Morgan fingerprint density at radius 3 is 2.61 bits per heavy atom. The van der Waals surface area contributed by atoms with Gasteiger partial charge in [-0.3, -0.25) is 4.79 Å². The molecular weight excluding hydrogens is 362 g/mol. The number of para-hydroxylation sites is 1. The lowest BCUT2D eigenvalue weighted by Gasteiger charge is -2.13. The Hall–Kier alpha value is -2.34. The number of carbonyl (C=O) groups is 2. The van der Waals surface area contributed by atoms with E-state index in [4.69, 9.17) is 4.74 Å². The molecule has 0 saturated heterocycles. The van der Waals surface area contributed by atoms with Gasteiger partial charge in [-0.2, -0.15) is 0 Å². The van der Waals surface area contributed by atoms with E-state index in [1.807, 2.05) is 6.92 Å². The minimum atomic E-state index is -1.10. The molecule has 6 heteroatoms. The van der Waals surface area contributed by atoms with E-state index in [1.165, 1.54) is 6.07 Å². The maximum absolute atomic E-state index is 12.5. The highest BCUT2D eigenvalue weighted by Gasteiger charge is 2.16. The molecule has 0 aromatic heterocycles. The summed E-state index contributed by atoms with van der Waals surface area (Å²) in [4.78, 5) is 23.7. The Morgan fingerprint density at radius 1 is 1.17 bits per heavy atom. The van der Waals surface area contributed by atoms with Crippen molar-refractivity contribution in [2.45, 2.75) is 13.3 Å². The fraction of sp³-hybridized carbons (Fsp3) is 0.176. The summed E-state index contributed by atoms with van der Waals surface area (Å²) < 4.78 is 6.31. The van der Waals surface area contributed by atoms with E-state index in [1.54, 1.807) is 36.4 Å². The molecule has 23 heavy (non-hydrogen) atoms. The number of hydrogen-bond donors (Lipinski definition) is 2. The number of anilines is 1. The van der Waals surface area contributed by atoms with Crippen molar-refractivity contribution in [3.05, 3.63) is 58.1 Å². The number of carboxylic acids is 1. The highest BCUT2D eigenvalue weighted by molar-refractivity contribution is 9.10. The van der Waals surface area contributed by atoms with Crippen LogP contribution in [0.3, 0.4) is 0 Å². The third-order valence-corrected chi connectivity index (χ3v) is 3.55. The minimum absolute atomic E-state index is 0.0341. The molecular formula is C17H16BrNO4. The lowest BCUT2D eigenvalue weighted by Crippen LogP contribution is -2.16. The summed E-state index contributed by atoms with van der Waals surface area (Å²) in [5.41, 5.74) is 0.617. The van der Waals surface area contributed by atoms with Crippen LogP contribution in [0.5, 0.6) is 5.75 Å². The van der Waals surface area contributed by atoms with E-state index in [0.717, 1.165) is 10.9 Å². The van der Waals surface area contributed by atoms with E-state index >= 15 is 0 Å². The number of aromatic carboxylic acids is 1. The van der Waals surface area contributed by atoms with E-state index < -0.39 is 11.9 Å². The average Bonchev–Trinajstić information content (AvgIpc) is 2.54. The van der Waals surface area contributed by atoms with Crippen LogP contribution in [-0.2, 0) is 0 Å². The Kier molecular flexibility index (Phi) is 5.76. The zero-order valence-electron chi connectivity index (χ0n) is 12.5. The monoisotopic (exact) mass is 377 g/mol. The lowest BCUT2D eigenvalue weighted by atomic mass is 10.1. The van der Waals surface area contributed by atoms with Gasteiger partial charge >= 0.3 is 5.97 Å². The third-order valence-electron chi connectivity index (χ3n) is 3.05. The molecule has 0 aliphatic carbocycles. The molecule has 2 rings (SSSR count). The first-order chi connectivity index (χ1) is 11.0. The summed E-state index contributed by atoms with van der Waals surface area (Å²) in [6.07, 6.45) is 0.818. The number of carboxylic acid groups (broad SMARTS) is 1. The molecule has 0 bridgehead atoms. The van der Waals surface area contributed by atoms with Crippen LogP contribution in [0.15, 0.2) is 46.9 Å². The van der Waals surface area contributed by atoms with Crippen LogP contribution in [0.4, 0.5) is 5.69 Å². The lowest BCUT2D eigenvalue weighted by molar-refractivity contribution is 0.0698. The van der Waals surface area contributed by atoms with Gasteiger partial charge < -0.3 is 15.2 Å². The van der Waals surface area contributed by atoms with Gasteiger partial charge in [0.25, 0.3) is 5.91 Å². The fourth-order valence-electron chi connectivity index (χ4n) is 1.99. The van der Waals surface area contributed by atoms with Crippen LogP contribution in [0.1, 0.15) is 34.1 Å². The molecule has 0 heterocycles. The number of hydrogen-bond acceptors (Lipinski definition) is 3. The van der Waals surface area contributed by atoms with Crippen LogP contribution in [0, 0.1) is 0 Å². The maximum atomic E-state index is 12.5. The number of halogens is 1. The van der Waals surface area contributed by atoms with Gasteiger partial charge in [0.1, 0.15) is 5.75 Å². The molecule has 0 unspecified atom stereocenters. The summed E-state index contributed by atoms with van der Waals surface area (Å²) in [6.45, 7) is 2.47. The Bertz CT molecular complexity index is 730. The van der Waals surface area contributed by atoms with Crippen molar-refractivity contribution in [2.75, 3.05) is 11.9 Å². The Balaban J connectivity index is 2.31. The molecule has 0 aliphatic rings. The summed E-state index contributed by atoms with van der Waals surface area (Å²) >= 11 is 3.33. The first-order valence-corrected chi connectivity index (χ1v) is 7.88. The van der Waals surface area contributed by atoms with E-state index in [2.05, 4.69) is 21.2 Å². The summed E-state index contributed by atoms with van der Waals surface area (Å²) in [5.74, 6) is -1.07. The first kappa shape index (κ1) is 17.0. The number of carbonyl (C=O) groups excluding carboxylic acids is 1. The van der Waals surface area contributed by atoms with Crippen molar-refractivity contribution in [1.29, 1.82) is 0 Å². The molecule has 120 valence electrons. The van der Waals surface area contributed by atoms with Gasteiger partial charge in [-0.1, -0.05) is 35.0 Å². The fourth-order valence-corrected chi connectivity index (χ4v) is 2.35. The van der Waals surface area contributed by atoms with Gasteiger partial charge in [0.15, 0.2) is 0 Å². The zero-order chi connectivity index (χ0) is 16.8. The molecule has 0 atom stereocenters. The molecule has 0 spiro atoms. The second kappa shape index (κ2) is 7.78. The smallest absolute Gasteiger partial charge is 0.337 e. The minimum Gasteiger partial charge on any atom is -0.493 e. The van der Waals surface area contributed by atoms with Gasteiger partial charge in [-0.05, 0) is 36.8 Å². The number of ether oxygens (including phenoxy) is 1. The SMILES string of the molecule is CCCOc1ccc(Br)cc1C(=O)Nc1ccccc1C(=O)O. The van der Waals surface area contributed by atoms with E-state index in [0.29, 0.717) is 17.9 Å². The molecule has 0 fully saturated rings. The van der Waals surface area contributed by atoms with Gasteiger partial charge in [0, 0.05) is 4.47 Å². The quantitative estimate of drug-likeness (QED) is 0.791. The predicted octanol–water partition coefficient (Wildman–Crippen LogP) is 4.19. The second-order valence-corrected chi connectivity index (χ2v) is 5.71. The highest BCUT2D eigenvalue weighted by atomic mass is 79.9. The maximum Gasteiger partial charge on any atom is 0.337 e. The van der Waals surface area contributed by atoms with Crippen LogP contribution in [-0.4, -0.2) is 23.6 Å². The number of nitrogens with one attached hydrogen (secondary N) is 1. The second-order valence-electron chi connectivity index (χ2n) is 4.79. The topological polar surface area (TPSA) is 75.6 Å². The predicted molar refractivity (Wildman–Crippen MR) is 91.3 cm³/mol. The van der Waals surface area contributed by atoms with Crippen molar-refractivity contribution >= 4 is 33.5 Å². The average molecular weight is 378 g/mol. The van der Waals surface area contributed by atoms with E-state index in [9.17, 15) is 14.7 Å². The summed E-state index contributed by atoms with van der Waals surface area (Å²) in [7, 11) is 0. The van der Waals surface area contributed by atoms with E-state index in [-0.39, 0.29) is 11.3 Å². The van der Waals surface area contributed by atoms with Gasteiger partial charge in [0.05, 0.1) is 23.4 Å². The van der Waals surface area contributed by atoms with Gasteiger partial charge in [0.2, 0.25) is 0 Å². The highest BCUT2D eigenvalue weighted by Crippen LogP contribution is 2.25. The third kappa shape index (κ3) is 4.32. The van der Waals surface area contributed by atoms with Crippen LogP contribution >= 0.6 is 15.9 Å². The van der Waals surface area contributed by atoms with Crippen molar-refractivity contribution in [3.63, 3.8) is 0 Å². The number of amides is 1. The molecule has 0 radical (unpaired) electrons.